The number of nitrogens with one attached hydrogen (secondary N) is 1. The van der Waals surface area contributed by atoms with Crippen LogP contribution in [0.1, 0.15) is 29.9 Å². The van der Waals surface area contributed by atoms with Crippen molar-refractivity contribution in [1.29, 1.82) is 0 Å². The molecule has 3 fully saturated rings. The first-order chi connectivity index (χ1) is 26.2. The van der Waals surface area contributed by atoms with Crippen LogP contribution >= 0.6 is 23.2 Å². The number of phenolic OH excluding ortho intramolecular Hbond substituents is 1. The van der Waals surface area contributed by atoms with Crippen molar-refractivity contribution < 1.29 is 46.9 Å². The molecule has 1 saturated carbocycles. The first-order valence-electron chi connectivity index (χ1n) is 17.2. The summed E-state index contributed by atoms with van der Waals surface area (Å²) in [5.74, 6) is -8.50. The van der Waals surface area contributed by atoms with Crippen LogP contribution in [-0.4, -0.2) is 47.2 Å². The summed E-state index contributed by atoms with van der Waals surface area (Å²) in [6, 6.07) is 22.1. The van der Waals surface area contributed by atoms with Gasteiger partial charge in [0.2, 0.25) is 11.8 Å². The summed E-state index contributed by atoms with van der Waals surface area (Å²) in [4.78, 5) is 59.7. The van der Waals surface area contributed by atoms with E-state index in [-0.39, 0.29) is 34.7 Å². The minimum Gasteiger partial charge on any atom is -0.508 e. The molecule has 0 spiro atoms. The number of aromatic hydroxyl groups is 1. The quantitative estimate of drug-likeness (QED) is 0.144. The largest absolute Gasteiger partial charge is 0.573 e. The lowest BCUT2D eigenvalue weighted by atomic mass is 9.49. The van der Waals surface area contributed by atoms with Gasteiger partial charge in [-0.1, -0.05) is 65.2 Å². The summed E-state index contributed by atoms with van der Waals surface area (Å²) in [5.41, 5.74) is 1.99. The molecule has 0 bridgehead atoms. The third-order valence-corrected chi connectivity index (χ3v) is 11.7. The zero-order chi connectivity index (χ0) is 39.0. The van der Waals surface area contributed by atoms with Crippen LogP contribution in [0, 0.1) is 23.7 Å². The van der Waals surface area contributed by atoms with E-state index in [1.54, 1.807) is 60.7 Å². The maximum Gasteiger partial charge on any atom is 0.573 e. The van der Waals surface area contributed by atoms with Gasteiger partial charge in [0.25, 0.3) is 11.8 Å². The fourth-order valence-corrected chi connectivity index (χ4v) is 9.43. The van der Waals surface area contributed by atoms with Gasteiger partial charge in [0.1, 0.15) is 17.2 Å². The molecule has 15 heteroatoms. The number of phenols is 1. The highest BCUT2D eigenvalue weighted by molar-refractivity contribution is 6.36. The van der Waals surface area contributed by atoms with Crippen LogP contribution in [0.25, 0.3) is 0 Å². The number of carbonyl (C=O) groups excluding carboxylic acids is 4. The molecule has 2 saturated heterocycles. The first-order valence-corrected chi connectivity index (χ1v) is 18.0. The molecular formula is C40H30Cl2F3N3O7. The second-order valence-electron chi connectivity index (χ2n) is 13.8. The minimum atomic E-state index is -5.11. The molecule has 6 atom stereocenters. The van der Waals surface area contributed by atoms with Gasteiger partial charge in [0.05, 0.1) is 46.7 Å². The number of ether oxygens (including phenoxy) is 2. The summed E-state index contributed by atoms with van der Waals surface area (Å²) in [6.45, 7) is 0. The van der Waals surface area contributed by atoms with Gasteiger partial charge in [0, 0.05) is 16.5 Å². The number of rotatable bonds is 7. The lowest BCUT2D eigenvalue weighted by Gasteiger charge is -2.50. The number of hydrogen-bond donors (Lipinski definition) is 2. The number of hydrogen-bond acceptors (Lipinski definition) is 8. The van der Waals surface area contributed by atoms with E-state index in [1.165, 1.54) is 25.3 Å². The number of fused-ring (bicyclic) bond motifs is 4. The van der Waals surface area contributed by atoms with E-state index >= 15 is 4.79 Å². The molecule has 0 aromatic heterocycles. The maximum absolute atomic E-state index is 15.4. The average Bonchev–Trinajstić information content (AvgIpc) is 3.54. The summed E-state index contributed by atoms with van der Waals surface area (Å²) in [6.07, 6.45) is -3.44. The highest BCUT2D eigenvalue weighted by Crippen LogP contribution is 2.65. The Morgan fingerprint density at radius 3 is 2.24 bits per heavy atom. The summed E-state index contributed by atoms with van der Waals surface area (Å²) in [5, 5.41) is 12.8. The maximum atomic E-state index is 15.4. The van der Waals surface area contributed by atoms with Gasteiger partial charge in [-0.3, -0.25) is 29.5 Å². The molecule has 2 heterocycles. The molecule has 8 rings (SSSR count). The number of nitrogens with zero attached hydrogens (tertiary/aromatic N) is 2. The zero-order valence-corrected chi connectivity index (χ0v) is 30.2. The average molecular weight is 793 g/mol. The van der Waals surface area contributed by atoms with Crippen molar-refractivity contribution in [3.05, 3.63) is 124 Å². The first kappa shape index (κ1) is 36.4. The highest BCUT2D eigenvalue weighted by Gasteiger charge is 2.70. The number of imide groups is 2. The normalized spacial score (nSPS) is 26.0. The Hall–Kier alpha value is -5.53. The minimum absolute atomic E-state index is 0.0499. The van der Waals surface area contributed by atoms with Crippen molar-refractivity contribution in [2.45, 2.75) is 30.5 Å². The van der Waals surface area contributed by atoms with E-state index in [9.17, 15) is 32.7 Å². The molecule has 4 amide bonds. The van der Waals surface area contributed by atoms with Crippen molar-refractivity contribution in [2.75, 3.05) is 17.4 Å². The number of amides is 4. The fraction of sp³-hybridized carbons (Fsp3) is 0.250. The molecule has 2 N–H and O–H groups in total. The van der Waals surface area contributed by atoms with Gasteiger partial charge < -0.3 is 14.6 Å². The van der Waals surface area contributed by atoms with Crippen LogP contribution in [0.3, 0.4) is 0 Å². The number of allylic oxidation sites excluding steroid dienone is 2. The van der Waals surface area contributed by atoms with E-state index < -0.39 is 76.5 Å². The predicted molar refractivity (Wildman–Crippen MR) is 194 cm³/mol. The lowest BCUT2D eigenvalue weighted by molar-refractivity contribution is -0.274. The van der Waals surface area contributed by atoms with Crippen LogP contribution in [0.4, 0.5) is 24.5 Å². The zero-order valence-electron chi connectivity index (χ0n) is 28.7. The smallest absolute Gasteiger partial charge is 0.508 e. The van der Waals surface area contributed by atoms with Crippen molar-refractivity contribution in [3.63, 3.8) is 0 Å². The summed E-state index contributed by atoms with van der Waals surface area (Å²) < 4.78 is 50.6. The summed E-state index contributed by atoms with van der Waals surface area (Å²) in [7, 11) is 1.45. The fourth-order valence-electron chi connectivity index (χ4n) is 8.98. The van der Waals surface area contributed by atoms with Crippen LogP contribution in [0.2, 0.25) is 10.0 Å². The van der Waals surface area contributed by atoms with E-state index in [4.69, 9.17) is 27.9 Å². The Labute approximate surface area is 322 Å². The predicted octanol–water partition coefficient (Wildman–Crippen LogP) is 7.80. The summed E-state index contributed by atoms with van der Waals surface area (Å²) >= 11 is 12.6. The van der Waals surface area contributed by atoms with Crippen LogP contribution in [0.5, 0.6) is 17.2 Å². The van der Waals surface area contributed by atoms with Crippen molar-refractivity contribution in [3.8, 4) is 17.2 Å². The molecule has 6 unspecified atom stereocenters. The van der Waals surface area contributed by atoms with Gasteiger partial charge in [-0.25, -0.2) is 0 Å². The third-order valence-electron chi connectivity index (χ3n) is 11.1. The lowest BCUT2D eigenvalue weighted by Crippen LogP contribution is -2.53. The van der Waals surface area contributed by atoms with Gasteiger partial charge in [-0.15, -0.1) is 13.2 Å². The van der Waals surface area contributed by atoms with Crippen molar-refractivity contribution in [1.82, 2.24) is 5.01 Å². The number of carbonyl (C=O) groups is 4. The molecule has 10 nitrogen and oxygen atoms in total. The Morgan fingerprint density at radius 1 is 0.855 bits per heavy atom. The van der Waals surface area contributed by atoms with E-state index in [1.807, 2.05) is 0 Å². The molecule has 282 valence electrons. The molecule has 4 aromatic rings. The molecule has 2 aliphatic carbocycles. The Balaban J connectivity index is 1.36. The Kier molecular flexibility index (Phi) is 8.84. The number of para-hydroxylation sites is 1. The number of anilines is 2. The monoisotopic (exact) mass is 791 g/mol. The van der Waals surface area contributed by atoms with Gasteiger partial charge in [-0.05, 0) is 85.0 Å². The Bertz CT molecular complexity index is 2290. The molecule has 0 radical (unpaired) electrons. The molecule has 55 heavy (non-hydrogen) atoms. The molecular weight excluding hydrogens is 762 g/mol. The van der Waals surface area contributed by atoms with Crippen LogP contribution < -0.4 is 19.8 Å². The topological polar surface area (TPSA) is 125 Å². The van der Waals surface area contributed by atoms with Crippen LogP contribution in [-0.2, 0) is 24.6 Å². The second-order valence-corrected chi connectivity index (χ2v) is 14.7. The van der Waals surface area contributed by atoms with Gasteiger partial charge >= 0.3 is 6.36 Å². The number of halogens is 5. The number of alkyl halides is 3. The van der Waals surface area contributed by atoms with Crippen molar-refractivity contribution >= 4 is 58.2 Å². The SMILES string of the molecule is COc1ccc(C23C(=O)N(Nc4ccc(Cl)cc4Cl)C(=O)C2CC2C(=CCC4C(=O)N(c5ccccc5)C(=O)C42)C3c2cc(OC(F)(F)F)ccc2O)cc1. The number of methoxy groups -OCH3 is 1. The van der Waals surface area contributed by atoms with E-state index in [2.05, 4.69) is 10.2 Å². The number of hydrazine groups is 1. The van der Waals surface area contributed by atoms with Crippen LogP contribution in [0.15, 0.2) is 103 Å². The standard InChI is InChI=1S/C40H30Cl2F3N3O7/c1-54-23-10-7-20(8-11-23)39-29(36(51)48(38(39)53)46-31-15-9-21(41)17-30(31)42)19-27-25(34(39)28-18-24(12-16-32(28)49)55-40(43,44)45)13-14-26-33(27)37(52)47(35(26)50)22-5-3-2-4-6-22/h2-13,15-18,26-27,29,33-34,46,49H,14,19H2,1H3. The van der Waals surface area contributed by atoms with Crippen molar-refractivity contribution in [2.24, 2.45) is 23.7 Å². The Morgan fingerprint density at radius 2 is 1.56 bits per heavy atom. The van der Waals surface area contributed by atoms with Gasteiger partial charge in [-0.2, -0.15) is 5.01 Å². The van der Waals surface area contributed by atoms with E-state index in [0.29, 0.717) is 22.0 Å². The van der Waals surface area contributed by atoms with E-state index in [0.717, 1.165) is 28.1 Å². The third kappa shape index (κ3) is 5.79. The molecule has 2 aliphatic heterocycles. The molecule has 4 aliphatic rings. The van der Waals surface area contributed by atoms with Gasteiger partial charge in [0.15, 0.2) is 0 Å². The highest BCUT2D eigenvalue weighted by atomic mass is 35.5. The second kappa shape index (κ2) is 13.3. The molecule has 4 aromatic carbocycles. The number of benzene rings is 4.